The molecule has 2 rings (SSSR count). The van der Waals surface area contributed by atoms with E-state index in [2.05, 4.69) is 0 Å². The van der Waals surface area contributed by atoms with Crippen LogP contribution >= 0.6 is 0 Å². The highest BCUT2D eigenvalue weighted by molar-refractivity contribution is 5.90. The monoisotopic (exact) mass is 514 g/mol. The van der Waals surface area contributed by atoms with Crippen molar-refractivity contribution in [1.29, 1.82) is 0 Å². The van der Waals surface area contributed by atoms with Crippen molar-refractivity contribution in [2.75, 3.05) is 13.2 Å². The van der Waals surface area contributed by atoms with Crippen LogP contribution in [-0.4, -0.2) is 45.6 Å². The third-order valence-electron chi connectivity index (χ3n) is 5.43. The van der Waals surface area contributed by atoms with Crippen molar-refractivity contribution in [1.82, 2.24) is 9.47 Å². The molecule has 0 radical (unpaired) electrons. The van der Waals surface area contributed by atoms with E-state index in [0.29, 0.717) is 18.7 Å². The molecule has 10 heteroatoms. The summed E-state index contributed by atoms with van der Waals surface area (Å²) in [7, 11) is 0. The van der Waals surface area contributed by atoms with Crippen molar-refractivity contribution in [3.05, 3.63) is 34.2 Å². The zero-order valence-electron chi connectivity index (χ0n) is 22.1. The van der Waals surface area contributed by atoms with Crippen LogP contribution in [0.5, 0.6) is 11.5 Å². The predicted octanol–water partition coefficient (Wildman–Crippen LogP) is 6.45. The van der Waals surface area contributed by atoms with E-state index in [1.54, 1.807) is 20.8 Å². The lowest BCUT2D eigenvalue weighted by molar-refractivity contribution is -0.153. The zero-order valence-corrected chi connectivity index (χ0v) is 22.1. The second-order valence-electron chi connectivity index (χ2n) is 11.1. The molecule has 0 saturated heterocycles. The quantitative estimate of drug-likeness (QED) is 0.389. The first-order valence-electron chi connectivity index (χ1n) is 12.0. The Labute approximate surface area is 209 Å². The number of unbranched alkanes of at least 4 members (excludes halogenated alkanes) is 1. The largest absolute Gasteiger partial charge is 0.491 e. The fourth-order valence-electron chi connectivity index (χ4n) is 3.72. The summed E-state index contributed by atoms with van der Waals surface area (Å²) in [6.07, 6.45) is -4.16. The highest BCUT2D eigenvalue weighted by Gasteiger charge is 2.31. The number of benzene rings is 1. The number of rotatable bonds is 9. The highest BCUT2D eigenvalue weighted by Crippen LogP contribution is 2.35. The van der Waals surface area contributed by atoms with Gasteiger partial charge in [-0.3, -0.25) is 9.69 Å². The average molecular weight is 515 g/mol. The Morgan fingerprint density at radius 1 is 1.06 bits per heavy atom. The van der Waals surface area contributed by atoms with Gasteiger partial charge in [0, 0.05) is 17.5 Å². The van der Waals surface area contributed by atoms with Crippen molar-refractivity contribution in [2.45, 2.75) is 86.1 Å². The van der Waals surface area contributed by atoms with Gasteiger partial charge in [0.1, 0.15) is 11.5 Å². The minimum absolute atomic E-state index is 0.0648. The van der Waals surface area contributed by atoms with E-state index in [1.165, 1.54) is 27.7 Å². The molecule has 202 valence electrons. The number of halogens is 3. The molecule has 0 aliphatic heterocycles. The van der Waals surface area contributed by atoms with Crippen molar-refractivity contribution in [3.63, 3.8) is 0 Å². The molecule has 0 saturated carbocycles. The second kappa shape index (κ2) is 11.0. The van der Waals surface area contributed by atoms with Gasteiger partial charge in [-0.1, -0.05) is 34.1 Å². The van der Waals surface area contributed by atoms with Gasteiger partial charge in [-0.2, -0.15) is 13.2 Å². The molecule has 7 nitrogen and oxygen atoms in total. The van der Waals surface area contributed by atoms with Crippen molar-refractivity contribution >= 4 is 16.9 Å². The molecule has 1 heterocycles. The van der Waals surface area contributed by atoms with Crippen LogP contribution in [0.25, 0.3) is 10.8 Å². The smallest absolute Gasteiger partial charge is 0.422 e. The van der Waals surface area contributed by atoms with Gasteiger partial charge in [0.2, 0.25) is 0 Å². The van der Waals surface area contributed by atoms with Crippen LogP contribution in [0.15, 0.2) is 23.0 Å². The Balaban J connectivity index is 2.86. The molecule has 2 aromatic rings. The van der Waals surface area contributed by atoms with E-state index in [1.807, 2.05) is 27.7 Å². The topological polar surface area (TPSA) is 81.0 Å². The third kappa shape index (κ3) is 7.80. The Morgan fingerprint density at radius 3 is 2.19 bits per heavy atom. The fourth-order valence-corrected chi connectivity index (χ4v) is 3.72. The van der Waals surface area contributed by atoms with E-state index in [0.717, 1.165) is 6.42 Å². The van der Waals surface area contributed by atoms with Crippen LogP contribution < -0.4 is 15.0 Å². The van der Waals surface area contributed by atoms with Gasteiger partial charge < -0.3 is 19.1 Å². The van der Waals surface area contributed by atoms with Crippen LogP contribution in [0.1, 0.15) is 67.0 Å². The maximum Gasteiger partial charge on any atom is 0.422 e. The summed E-state index contributed by atoms with van der Waals surface area (Å²) >= 11 is 0. The molecule has 0 aliphatic carbocycles. The van der Waals surface area contributed by atoms with Gasteiger partial charge in [-0.25, -0.2) is 4.79 Å². The molecule has 1 aromatic heterocycles. The Hall–Kier alpha value is -2.91. The molecule has 36 heavy (non-hydrogen) atoms. The van der Waals surface area contributed by atoms with E-state index >= 15 is 0 Å². The van der Waals surface area contributed by atoms with Crippen LogP contribution in [-0.2, 0) is 13.1 Å². The van der Waals surface area contributed by atoms with Crippen molar-refractivity contribution in [2.24, 2.45) is 5.41 Å². The summed E-state index contributed by atoms with van der Waals surface area (Å²) in [4.78, 5) is 27.0. The van der Waals surface area contributed by atoms with Gasteiger partial charge in [0.15, 0.2) is 6.61 Å². The lowest BCUT2D eigenvalue weighted by Crippen LogP contribution is -2.45. The van der Waals surface area contributed by atoms with Crippen LogP contribution in [0.4, 0.5) is 18.0 Å². The summed E-state index contributed by atoms with van der Waals surface area (Å²) in [5.41, 5.74) is -1.15. The zero-order chi connectivity index (χ0) is 27.5. The first-order chi connectivity index (χ1) is 16.4. The molecule has 0 aliphatic rings. The fraction of sp³-hybridized carbons (Fsp3) is 0.615. The first kappa shape index (κ1) is 29.3. The lowest BCUT2D eigenvalue weighted by Gasteiger charge is -2.35. The predicted molar refractivity (Wildman–Crippen MR) is 133 cm³/mol. The summed E-state index contributed by atoms with van der Waals surface area (Å²) in [5, 5.41) is 10.5. The number of carboxylic acid groups (broad SMARTS) is 1. The SMILES string of the molecule is CCCCOc1c(CN(C(=O)O)C(C)(C)C)n(CC(C)(C)C)c(=O)c2ccc(OCC(F)(F)F)cc12. The number of fused-ring (bicyclic) bond motifs is 1. The maximum absolute atomic E-state index is 13.7. The minimum atomic E-state index is -4.52. The number of pyridine rings is 1. The molecule has 1 amide bonds. The number of hydrogen-bond acceptors (Lipinski definition) is 4. The molecule has 0 unspecified atom stereocenters. The van der Waals surface area contributed by atoms with Gasteiger partial charge in [-0.15, -0.1) is 0 Å². The number of alkyl halides is 3. The van der Waals surface area contributed by atoms with Crippen LogP contribution in [0.2, 0.25) is 0 Å². The van der Waals surface area contributed by atoms with E-state index in [-0.39, 0.29) is 46.3 Å². The number of nitrogens with zero attached hydrogens (tertiary/aromatic N) is 2. The Morgan fingerprint density at radius 2 is 1.69 bits per heavy atom. The Kier molecular flexibility index (Phi) is 8.96. The van der Waals surface area contributed by atoms with Crippen molar-refractivity contribution < 1.29 is 32.5 Å². The summed E-state index contributed by atoms with van der Waals surface area (Å²) in [6.45, 7) is 12.0. The number of ether oxygens (including phenoxy) is 2. The molecular formula is C26H37F3N2O5. The number of carbonyl (C=O) groups is 1. The van der Waals surface area contributed by atoms with E-state index in [4.69, 9.17) is 9.47 Å². The Bertz CT molecular complexity index is 1130. The summed E-state index contributed by atoms with van der Waals surface area (Å²) < 4.78 is 50.8. The molecular weight excluding hydrogens is 477 g/mol. The maximum atomic E-state index is 13.7. The highest BCUT2D eigenvalue weighted by atomic mass is 19.4. The van der Waals surface area contributed by atoms with E-state index < -0.39 is 24.4 Å². The van der Waals surface area contributed by atoms with Crippen LogP contribution in [0.3, 0.4) is 0 Å². The average Bonchev–Trinajstić information content (AvgIpc) is 2.72. The van der Waals surface area contributed by atoms with Gasteiger partial charge >= 0.3 is 12.3 Å². The molecule has 1 aromatic carbocycles. The number of amides is 1. The summed E-state index contributed by atoms with van der Waals surface area (Å²) in [5.74, 6) is 0.209. The van der Waals surface area contributed by atoms with Gasteiger partial charge in [-0.05, 0) is 50.8 Å². The normalized spacial score (nSPS) is 12.6. The molecule has 0 atom stereocenters. The van der Waals surface area contributed by atoms with E-state index in [9.17, 15) is 27.9 Å². The molecule has 0 fully saturated rings. The lowest BCUT2D eigenvalue weighted by atomic mass is 9.96. The number of hydrogen-bond donors (Lipinski definition) is 1. The molecule has 0 spiro atoms. The van der Waals surface area contributed by atoms with Crippen LogP contribution in [0, 0.1) is 5.41 Å². The minimum Gasteiger partial charge on any atom is -0.491 e. The first-order valence-corrected chi connectivity index (χ1v) is 12.0. The molecule has 1 N–H and O–H groups in total. The third-order valence-corrected chi connectivity index (χ3v) is 5.43. The summed E-state index contributed by atoms with van der Waals surface area (Å²) in [6, 6.07) is 4.11. The van der Waals surface area contributed by atoms with Crippen molar-refractivity contribution in [3.8, 4) is 11.5 Å². The standard InChI is InChI=1S/C26H37F3N2O5/c1-8-9-12-35-21-19-13-17(36-16-26(27,28)29)10-11-18(19)22(32)30(15-24(2,3)4)20(21)14-31(23(33)34)25(5,6)7/h10-11,13H,8-9,12,14-16H2,1-7H3,(H,33,34). The molecule has 0 bridgehead atoms. The van der Waals surface area contributed by atoms with Gasteiger partial charge in [0.25, 0.3) is 5.56 Å². The second-order valence-corrected chi connectivity index (χ2v) is 11.1. The van der Waals surface area contributed by atoms with Gasteiger partial charge in [0.05, 0.1) is 24.2 Å². The number of aromatic nitrogens is 1.